The summed E-state index contributed by atoms with van der Waals surface area (Å²) >= 11 is 0. The largest absolute Gasteiger partial charge is 0.298 e. The second-order valence-corrected chi connectivity index (χ2v) is 5.90. The third-order valence-corrected chi connectivity index (χ3v) is 4.24. The van der Waals surface area contributed by atoms with Gasteiger partial charge in [0.1, 0.15) is 6.29 Å². The van der Waals surface area contributed by atoms with Crippen molar-refractivity contribution in [2.45, 2.75) is 13.1 Å². The summed E-state index contributed by atoms with van der Waals surface area (Å²) in [5.41, 5.74) is 3.42. The topological polar surface area (TPSA) is 23.6 Å². The van der Waals surface area contributed by atoms with Crippen molar-refractivity contribution in [1.29, 1.82) is 0 Å². The summed E-state index contributed by atoms with van der Waals surface area (Å²) in [4.78, 5) is 15.7. The second-order valence-electron chi connectivity index (χ2n) is 5.90. The number of piperazine rings is 1. The number of benzene rings is 2. The van der Waals surface area contributed by atoms with Crippen LogP contribution in [0, 0.1) is 0 Å². The Morgan fingerprint density at radius 3 is 1.73 bits per heavy atom. The summed E-state index contributed by atoms with van der Waals surface area (Å²) in [6.45, 7) is 6.44. The number of nitrogens with zero attached hydrogens (tertiary/aromatic N) is 2. The molecule has 22 heavy (non-hydrogen) atoms. The molecule has 1 saturated heterocycles. The highest BCUT2D eigenvalue weighted by Crippen LogP contribution is 2.12. The Morgan fingerprint density at radius 1 is 0.727 bits per heavy atom. The molecule has 3 nitrogen and oxygen atoms in total. The highest BCUT2D eigenvalue weighted by Gasteiger charge is 2.16. The molecule has 3 rings (SSSR count). The number of hydrogen-bond donors (Lipinski definition) is 0. The van der Waals surface area contributed by atoms with Crippen molar-refractivity contribution >= 4 is 6.29 Å². The number of carbonyl (C=O) groups excluding carboxylic acids is 1. The number of hydrogen-bond acceptors (Lipinski definition) is 3. The van der Waals surface area contributed by atoms with Crippen molar-refractivity contribution in [2.75, 3.05) is 26.2 Å². The van der Waals surface area contributed by atoms with Gasteiger partial charge in [-0.3, -0.25) is 14.6 Å². The van der Waals surface area contributed by atoms with Gasteiger partial charge in [0.2, 0.25) is 0 Å². The van der Waals surface area contributed by atoms with Crippen LogP contribution in [0.25, 0.3) is 0 Å². The van der Waals surface area contributed by atoms with Crippen LogP contribution in [0.1, 0.15) is 21.5 Å². The second kappa shape index (κ2) is 7.34. The van der Waals surface area contributed by atoms with Crippen molar-refractivity contribution in [3.63, 3.8) is 0 Å². The van der Waals surface area contributed by atoms with Gasteiger partial charge in [0.15, 0.2) is 0 Å². The normalized spacial score (nSPS) is 16.5. The van der Waals surface area contributed by atoms with E-state index < -0.39 is 0 Å². The molecule has 0 unspecified atom stereocenters. The molecule has 0 aromatic heterocycles. The average molecular weight is 294 g/mol. The van der Waals surface area contributed by atoms with E-state index in [1.165, 1.54) is 11.1 Å². The lowest BCUT2D eigenvalue weighted by Crippen LogP contribution is -2.45. The van der Waals surface area contributed by atoms with Crippen LogP contribution in [0.3, 0.4) is 0 Å². The van der Waals surface area contributed by atoms with E-state index in [1.54, 1.807) is 0 Å². The zero-order chi connectivity index (χ0) is 15.2. The Kier molecular flexibility index (Phi) is 4.99. The first-order valence-electron chi connectivity index (χ1n) is 7.86. The molecule has 114 valence electrons. The van der Waals surface area contributed by atoms with E-state index in [0.717, 1.165) is 51.1 Å². The Balaban J connectivity index is 1.48. The summed E-state index contributed by atoms with van der Waals surface area (Å²) in [5.74, 6) is 0. The van der Waals surface area contributed by atoms with Gasteiger partial charge in [-0.1, -0.05) is 54.6 Å². The number of rotatable bonds is 5. The molecule has 3 heteroatoms. The number of carbonyl (C=O) groups is 1. The molecule has 2 aromatic carbocycles. The van der Waals surface area contributed by atoms with E-state index in [1.807, 2.05) is 12.1 Å². The maximum atomic E-state index is 10.7. The maximum absolute atomic E-state index is 10.7. The highest BCUT2D eigenvalue weighted by atomic mass is 16.1. The van der Waals surface area contributed by atoms with Crippen LogP contribution in [0.2, 0.25) is 0 Å². The summed E-state index contributed by atoms with van der Waals surface area (Å²) in [5, 5.41) is 0. The molecule has 0 amide bonds. The monoisotopic (exact) mass is 294 g/mol. The first-order valence-corrected chi connectivity index (χ1v) is 7.86. The van der Waals surface area contributed by atoms with Crippen molar-refractivity contribution in [3.05, 3.63) is 71.3 Å². The zero-order valence-corrected chi connectivity index (χ0v) is 12.8. The summed E-state index contributed by atoms with van der Waals surface area (Å²) < 4.78 is 0. The van der Waals surface area contributed by atoms with Crippen molar-refractivity contribution in [2.24, 2.45) is 0 Å². The average Bonchev–Trinajstić information content (AvgIpc) is 2.58. The number of aldehydes is 1. The molecule has 1 aliphatic heterocycles. The van der Waals surface area contributed by atoms with Crippen LogP contribution in [0.4, 0.5) is 0 Å². The van der Waals surface area contributed by atoms with E-state index in [0.29, 0.717) is 0 Å². The van der Waals surface area contributed by atoms with Crippen LogP contribution in [-0.2, 0) is 13.1 Å². The van der Waals surface area contributed by atoms with E-state index >= 15 is 0 Å². The van der Waals surface area contributed by atoms with Crippen LogP contribution in [-0.4, -0.2) is 42.3 Å². The van der Waals surface area contributed by atoms with E-state index in [9.17, 15) is 4.79 Å². The van der Waals surface area contributed by atoms with Gasteiger partial charge >= 0.3 is 0 Å². The molecular formula is C19H22N2O. The van der Waals surface area contributed by atoms with Gasteiger partial charge in [0, 0.05) is 44.8 Å². The minimum Gasteiger partial charge on any atom is -0.298 e. The molecule has 0 aliphatic carbocycles. The summed E-state index contributed by atoms with van der Waals surface area (Å²) in [6.07, 6.45) is 0.895. The summed E-state index contributed by atoms with van der Waals surface area (Å²) in [7, 11) is 0. The third kappa shape index (κ3) is 4.03. The van der Waals surface area contributed by atoms with Crippen LogP contribution in [0.15, 0.2) is 54.6 Å². The van der Waals surface area contributed by atoms with E-state index in [-0.39, 0.29) is 0 Å². The molecule has 0 spiro atoms. The molecule has 1 aliphatic rings. The van der Waals surface area contributed by atoms with Crippen LogP contribution < -0.4 is 0 Å². The highest BCUT2D eigenvalue weighted by molar-refractivity contribution is 5.74. The first kappa shape index (κ1) is 14.9. The Morgan fingerprint density at radius 2 is 1.23 bits per heavy atom. The smallest absolute Gasteiger partial charge is 0.150 e. The first-order chi connectivity index (χ1) is 10.8. The Hall–Kier alpha value is -1.97. The predicted octanol–water partition coefficient (Wildman–Crippen LogP) is 2.82. The van der Waals surface area contributed by atoms with Crippen LogP contribution >= 0.6 is 0 Å². The van der Waals surface area contributed by atoms with E-state index in [2.05, 4.69) is 52.3 Å². The van der Waals surface area contributed by atoms with Crippen LogP contribution in [0.5, 0.6) is 0 Å². The SMILES string of the molecule is O=Cc1ccc(CN2CCN(Cc3ccccc3)CC2)cc1. The minimum atomic E-state index is 0.747. The van der Waals surface area contributed by atoms with Gasteiger partial charge in [-0.2, -0.15) is 0 Å². The fraction of sp³-hybridized carbons (Fsp3) is 0.316. The van der Waals surface area contributed by atoms with Gasteiger partial charge < -0.3 is 0 Å². The molecule has 2 aromatic rings. The third-order valence-electron chi connectivity index (χ3n) is 4.24. The molecule has 0 N–H and O–H groups in total. The van der Waals surface area contributed by atoms with Crippen molar-refractivity contribution in [3.8, 4) is 0 Å². The quantitative estimate of drug-likeness (QED) is 0.792. The standard InChI is InChI=1S/C19H22N2O/c22-16-19-8-6-18(7-9-19)15-21-12-10-20(11-13-21)14-17-4-2-1-3-5-17/h1-9,16H,10-15H2. The maximum Gasteiger partial charge on any atom is 0.150 e. The lowest BCUT2D eigenvalue weighted by atomic mass is 10.1. The fourth-order valence-electron chi connectivity index (χ4n) is 2.91. The van der Waals surface area contributed by atoms with Gasteiger partial charge in [-0.05, 0) is 11.1 Å². The predicted molar refractivity (Wildman–Crippen MR) is 88.8 cm³/mol. The lowest BCUT2D eigenvalue weighted by molar-refractivity contribution is 0.112. The molecule has 1 heterocycles. The zero-order valence-electron chi connectivity index (χ0n) is 12.8. The Labute approximate surface area is 132 Å². The minimum absolute atomic E-state index is 0.747. The van der Waals surface area contributed by atoms with Gasteiger partial charge in [-0.25, -0.2) is 0 Å². The van der Waals surface area contributed by atoms with Crippen molar-refractivity contribution < 1.29 is 4.79 Å². The molecule has 1 fully saturated rings. The van der Waals surface area contributed by atoms with E-state index in [4.69, 9.17) is 0 Å². The van der Waals surface area contributed by atoms with Gasteiger partial charge in [-0.15, -0.1) is 0 Å². The molecule has 0 bridgehead atoms. The Bertz CT molecular complexity index is 587. The fourth-order valence-corrected chi connectivity index (χ4v) is 2.91. The molecule has 0 radical (unpaired) electrons. The molecule has 0 saturated carbocycles. The molecule has 0 atom stereocenters. The summed E-state index contributed by atoms with van der Waals surface area (Å²) in [6, 6.07) is 18.6. The molecular weight excluding hydrogens is 272 g/mol. The lowest BCUT2D eigenvalue weighted by Gasteiger charge is -2.34. The van der Waals surface area contributed by atoms with Crippen molar-refractivity contribution in [1.82, 2.24) is 9.80 Å². The van der Waals surface area contributed by atoms with Gasteiger partial charge in [0.05, 0.1) is 0 Å². The van der Waals surface area contributed by atoms with Gasteiger partial charge in [0.25, 0.3) is 0 Å².